The Labute approximate surface area is 77.8 Å². The molecular formula is C10H15NS. The lowest BCUT2D eigenvalue weighted by Crippen LogP contribution is -2.30. The maximum Gasteiger partial charge on any atom is 0.0331 e. The van der Waals surface area contributed by atoms with E-state index in [4.69, 9.17) is 0 Å². The third-order valence-corrected chi connectivity index (χ3v) is 3.31. The molecule has 1 aromatic rings. The average molecular weight is 181 g/mol. The van der Waals surface area contributed by atoms with Crippen molar-refractivity contribution in [1.29, 1.82) is 0 Å². The molecule has 12 heavy (non-hydrogen) atoms. The van der Waals surface area contributed by atoms with Gasteiger partial charge in [0.2, 0.25) is 0 Å². The number of rotatable bonds is 1. The second-order valence-electron chi connectivity index (χ2n) is 3.69. The van der Waals surface area contributed by atoms with Gasteiger partial charge in [-0.15, -0.1) is 0 Å². The Morgan fingerprint density at radius 2 is 2.50 bits per heavy atom. The highest BCUT2D eigenvalue weighted by atomic mass is 32.1. The predicted molar refractivity (Wildman–Crippen MR) is 53.5 cm³/mol. The van der Waals surface area contributed by atoms with E-state index in [1.54, 1.807) is 11.3 Å². The Morgan fingerprint density at radius 3 is 3.17 bits per heavy atom. The van der Waals surface area contributed by atoms with E-state index in [1.807, 2.05) is 0 Å². The first-order valence-corrected chi connectivity index (χ1v) is 5.56. The van der Waals surface area contributed by atoms with Gasteiger partial charge in [-0.3, -0.25) is 0 Å². The zero-order valence-electron chi connectivity index (χ0n) is 7.42. The van der Waals surface area contributed by atoms with Crippen molar-refractivity contribution in [3.05, 3.63) is 22.4 Å². The quantitative estimate of drug-likeness (QED) is 0.702. The second-order valence-corrected chi connectivity index (χ2v) is 4.47. The van der Waals surface area contributed by atoms with Gasteiger partial charge in [-0.2, -0.15) is 11.3 Å². The van der Waals surface area contributed by atoms with Gasteiger partial charge in [-0.1, -0.05) is 6.92 Å². The van der Waals surface area contributed by atoms with Gasteiger partial charge in [-0.05, 0) is 47.7 Å². The second kappa shape index (κ2) is 3.58. The average Bonchev–Trinajstić information content (AvgIpc) is 2.56. The van der Waals surface area contributed by atoms with Crippen LogP contribution in [0.15, 0.2) is 16.8 Å². The summed E-state index contributed by atoms with van der Waals surface area (Å²) in [5, 5.41) is 7.98. The molecule has 0 amide bonds. The molecule has 0 radical (unpaired) electrons. The molecule has 0 bridgehead atoms. The van der Waals surface area contributed by atoms with Crippen molar-refractivity contribution >= 4 is 11.3 Å². The van der Waals surface area contributed by atoms with Crippen LogP contribution < -0.4 is 5.32 Å². The Balaban J connectivity index is 2.04. The molecule has 1 aliphatic rings. The van der Waals surface area contributed by atoms with Gasteiger partial charge in [0.15, 0.2) is 0 Å². The lowest BCUT2D eigenvalue weighted by molar-refractivity contribution is 0.326. The Hall–Kier alpha value is -0.340. The van der Waals surface area contributed by atoms with E-state index in [0.29, 0.717) is 6.04 Å². The monoisotopic (exact) mass is 181 g/mol. The molecule has 0 aliphatic carbocycles. The molecule has 1 aliphatic heterocycles. The standard InChI is InChI=1S/C10H15NS/c1-8-2-4-11-10(6-8)9-3-5-12-7-9/h3,5,7-8,10-11H,2,4,6H2,1H3. The van der Waals surface area contributed by atoms with Crippen LogP contribution in [0.2, 0.25) is 0 Å². The zero-order valence-corrected chi connectivity index (χ0v) is 8.23. The summed E-state index contributed by atoms with van der Waals surface area (Å²) in [5.74, 6) is 0.885. The van der Waals surface area contributed by atoms with Gasteiger partial charge >= 0.3 is 0 Å². The fourth-order valence-electron chi connectivity index (χ4n) is 1.83. The van der Waals surface area contributed by atoms with Gasteiger partial charge in [0.25, 0.3) is 0 Å². The number of hydrogen-bond donors (Lipinski definition) is 1. The van der Waals surface area contributed by atoms with Crippen molar-refractivity contribution in [2.45, 2.75) is 25.8 Å². The highest BCUT2D eigenvalue weighted by Crippen LogP contribution is 2.27. The highest BCUT2D eigenvalue weighted by molar-refractivity contribution is 7.07. The zero-order chi connectivity index (χ0) is 8.39. The van der Waals surface area contributed by atoms with Crippen LogP contribution >= 0.6 is 11.3 Å². The van der Waals surface area contributed by atoms with Crippen LogP contribution in [-0.4, -0.2) is 6.54 Å². The number of nitrogens with one attached hydrogen (secondary N) is 1. The van der Waals surface area contributed by atoms with E-state index < -0.39 is 0 Å². The van der Waals surface area contributed by atoms with Crippen molar-refractivity contribution in [3.63, 3.8) is 0 Å². The largest absolute Gasteiger partial charge is 0.310 e. The van der Waals surface area contributed by atoms with Gasteiger partial charge in [0.1, 0.15) is 0 Å². The van der Waals surface area contributed by atoms with Crippen molar-refractivity contribution in [3.8, 4) is 0 Å². The van der Waals surface area contributed by atoms with Crippen molar-refractivity contribution in [2.24, 2.45) is 5.92 Å². The van der Waals surface area contributed by atoms with Crippen molar-refractivity contribution < 1.29 is 0 Å². The fourth-order valence-corrected chi connectivity index (χ4v) is 2.55. The van der Waals surface area contributed by atoms with Crippen LogP contribution in [0.25, 0.3) is 0 Å². The first kappa shape index (κ1) is 8.27. The molecule has 1 nitrogen and oxygen atoms in total. The molecule has 1 aromatic heterocycles. The first-order chi connectivity index (χ1) is 5.86. The fraction of sp³-hybridized carbons (Fsp3) is 0.600. The molecular weight excluding hydrogens is 166 g/mol. The molecule has 0 spiro atoms. The Morgan fingerprint density at radius 1 is 1.58 bits per heavy atom. The number of thiophene rings is 1. The minimum Gasteiger partial charge on any atom is -0.310 e. The van der Waals surface area contributed by atoms with Gasteiger partial charge in [0, 0.05) is 6.04 Å². The van der Waals surface area contributed by atoms with E-state index in [-0.39, 0.29) is 0 Å². The summed E-state index contributed by atoms with van der Waals surface area (Å²) in [6, 6.07) is 2.86. The Kier molecular flexibility index (Phi) is 2.47. The summed E-state index contributed by atoms with van der Waals surface area (Å²) >= 11 is 1.79. The lowest BCUT2D eigenvalue weighted by atomic mass is 9.91. The molecule has 2 unspecified atom stereocenters. The Bertz CT molecular complexity index is 230. The first-order valence-electron chi connectivity index (χ1n) is 4.62. The van der Waals surface area contributed by atoms with Crippen LogP contribution in [0.4, 0.5) is 0 Å². The third kappa shape index (κ3) is 1.70. The summed E-state index contributed by atoms with van der Waals surface area (Å²) in [7, 11) is 0. The van der Waals surface area contributed by atoms with Crippen LogP contribution in [0, 0.1) is 5.92 Å². The van der Waals surface area contributed by atoms with Crippen LogP contribution in [0.5, 0.6) is 0 Å². The molecule has 1 N–H and O–H groups in total. The van der Waals surface area contributed by atoms with E-state index in [9.17, 15) is 0 Å². The summed E-state index contributed by atoms with van der Waals surface area (Å²) in [6.07, 6.45) is 2.64. The van der Waals surface area contributed by atoms with Crippen LogP contribution in [0.3, 0.4) is 0 Å². The van der Waals surface area contributed by atoms with Gasteiger partial charge in [-0.25, -0.2) is 0 Å². The minimum atomic E-state index is 0.625. The maximum atomic E-state index is 3.56. The highest BCUT2D eigenvalue weighted by Gasteiger charge is 2.19. The molecule has 1 saturated heterocycles. The molecule has 2 heterocycles. The topological polar surface area (TPSA) is 12.0 Å². The predicted octanol–water partition coefficient (Wildman–Crippen LogP) is 2.81. The molecule has 2 rings (SSSR count). The molecule has 66 valence electrons. The molecule has 1 fully saturated rings. The summed E-state index contributed by atoms with van der Waals surface area (Å²) in [6.45, 7) is 3.53. The van der Waals surface area contributed by atoms with Crippen molar-refractivity contribution in [1.82, 2.24) is 5.32 Å². The molecule has 0 aromatic carbocycles. The number of piperidine rings is 1. The van der Waals surface area contributed by atoms with E-state index in [2.05, 4.69) is 29.1 Å². The smallest absolute Gasteiger partial charge is 0.0331 e. The summed E-state index contributed by atoms with van der Waals surface area (Å²) < 4.78 is 0. The normalized spacial score (nSPS) is 30.4. The third-order valence-electron chi connectivity index (χ3n) is 2.61. The summed E-state index contributed by atoms with van der Waals surface area (Å²) in [5.41, 5.74) is 1.48. The van der Waals surface area contributed by atoms with Crippen molar-refractivity contribution in [2.75, 3.05) is 6.54 Å². The van der Waals surface area contributed by atoms with E-state index in [0.717, 1.165) is 5.92 Å². The molecule has 0 saturated carbocycles. The van der Waals surface area contributed by atoms with E-state index in [1.165, 1.54) is 24.9 Å². The summed E-state index contributed by atoms with van der Waals surface area (Å²) in [4.78, 5) is 0. The number of hydrogen-bond acceptors (Lipinski definition) is 2. The van der Waals surface area contributed by atoms with Gasteiger partial charge < -0.3 is 5.32 Å². The SMILES string of the molecule is CC1CCNC(c2ccsc2)C1. The maximum absolute atomic E-state index is 3.56. The van der Waals surface area contributed by atoms with Crippen LogP contribution in [-0.2, 0) is 0 Å². The lowest BCUT2D eigenvalue weighted by Gasteiger charge is -2.27. The van der Waals surface area contributed by atoms with Gasteiger partial charge in [0.05, 0.1) is 0 Å². The molecule has 2 atom stereocenters. The minimum absolute atomic E-state index is 0.625. The van der Waals surface area contributed by atoms with Crippen LogP contribution in [0.1, 0.15) is 31.4 Å². The van der Waals surface area contributed by atoms with E-state index >= 15 is 0 Å². The molecule has 2 heteroatoms.